The van der Waals surface area contributed by atoms with Crippen molar-refractivity contribution in [1.29, 1.82) is 0 Å². The van der Waals surface area contributed by atoms with Gasteiger partial charge in [-0.2, -0.15) is 0 Å². The van der Waals surface area contributed by atoms with Gasteiger partial charge in [0.1, 0.15) is 12.4 Å². The fourth-order valence-corrected chi connectivity index (χ4v) is 3.06. The Labute approximate surface area is 148 Å². The number of hydrogen-bond acceptors (Lipinski definition) is 3. The second-order valence-electron chi connectivity index (χ2n) is 6.70. The summed E-state index contributed by atoms with van der Waals surface area (Å²) in [5.74, 6) is -0.125. The molecule has 0 bridgehead atoms. The first-order valence-electron chi connectivity index (χ1n) is 8.72. The van der Waals surface area contributed by atoms with E-state index in [9.17, 15) is 4.79 Å². The topological polar surface area (TPSA) is 55.8 Å². The summed E-state index contributed by atoms with van der Waals surface area (Å²) in [5, 5.41) is 9.02. The molecule has 1 aliphatic rings. The van der Waals surface area contributed by atoms with Crippen molar-refractivity contribution in [3.8, 4) is 5.75 Å². The van der Waals surface area contributed by atoms with Crippen LogP contribution in [0.1, 0.15) is 36.0 Å². The van der Waals surface area contributed by atoms with Crippen LogP contribution in [0.15, 0.2) is 48.5 Å². The van der Waals surface area contributed by atoms with E-state index in [1.807, 2.05) is 24.3 Å². The van der Waals surface area contributed by atoms with Gasteiger partial charge in [0, 0.05) is 0 Å². The SMILES string of the molecule is Cc1ccc(COc2ccc(CO[C@H]3CC[C@H](C(=O)O)C3)cc2)cc1. The van der Waals surface area contributed by atoms with Crippen molar-refractivity contribution in [2.24, 2.45) is 5.92 Å². The molecule has 1 aliphatic carbocycles. The minimum atomic E-state index is -0.707. The smallest absolute Gasteiger partial charge is 0.306 e. The van der Waals surface area contributed by atoms with Crippen molar-refractivity contribution in [2.75, 3.05) is 0 Å². The van der Waals surface area contributed by atoms with Crippen LogP contribution in [0.25, 0.3) is 0 Å². The van der Waals surface area contributed by atoms with Crippen molar-refractivity contribution < 1.29 is 19.4 Å². The van der Waals surface area contributed by atoms with E-state index in [1.54, 1.807) is 0 Å². The summed E-state index contributed by atoms with van der Waals surface area (Å²) in [7, 11) is 0. The van der Waals surface area contributed by atoms with Crippen LogP contribution >= 0.6 is 0 Å². The zero-order valence-electron chi connectivity index (χ0n) is 14.5. The van der Waals surface area contributed by atoms with E-state index < -0.39 is 5.97 Å². The van der Waals surface area contributed by atoms with Gasteiger partial charge in [-0.15, -0.1) is 0 Å². The Balaban J connectivity index is 1.44. The first kappa shape index (κ1) is 17.5. The molecule has 2 aromatic carbocycles. The lowest BCUT2D eigenvalue weighted by molar-refractivity contribution is -0.141. The molecule has 0 amide bonds. The molecule has 3 rings (SSSR count). The minimum absolute atomic E-state index is 0.0542. The highest BCUT2D eigenvalue weighted by atomic mass is 16.5. The van der Waals surface area contributed by atoms with Crippen LogP contribution in [0, 0.1) is 12.8 Å². The largest absolute Gasteiger partial charge is 0.489 e. The number of carboxylic acids is 1. The van der Waals surface area contributed by atoms with Crippen molar-refractivity contribution in [1.82, 2.24) is 0 Å². The maximum Gasteiger partial charge on any atom is 0.306 e. The molecule has 1 saturated carbocycles. The third-order valence-electron chi connectivity index (χ3n) is 4.67. The van der Waals surface area contributed by atoms with Gasteiger partial charge in [0.2, 0.25) is 0 Å². The molecule has 4 heteroatoms. The van der Waals surface area contributed by atoms with Crippen LogP contribution in [0.3, 0.4) is 0 Å². The first-order valence-corrected chi connectivity index (χ1v) is 8.72. The summed E-state index contributed by atoms with van der Waals surface area (Å²) in [6.07, 6.45) is 2.21. The predicted octanol–water partition coefficient (Wildman–Crippen LogP) is 4.34. The lowest BCUT2D eigenvalue weighted by Crippen LogP contribution is -2.13. The van der Waals surface area contributed by atoms with Crippen LogP contribution in [-0.4, -0.2) is 17.2 Å². The molecule has 0 aromatic heterocycles. The summed E-state index contributed by atoms with van der Waals surface area (Å²) < 4.78 is 11.6. The van der Waals surface area contributed by atoms with Crippen molar-refractivity contribution in [3.05, 3.63) is 65.2 Å². The van der Waals surface area contributed by atoms with Crippen LogP contribution in [0.2, 0.25) is 0 Å². The quantitative estimate of drug-likeness (QED) is 0.814. The summed E-state index contributed by atoms with van der Waals surface area (Å²) >= 11 is 0. The van der Waals surface area contributed by atoms with Crippen molar-refractivity contribution >= 4 is 5.97 Å². The molecule has 0 aliphatic heterocycles. The second kappa shape index (κ2) is 8.17. The standard InChI is InChI=1S/C21H24O4/c1-15-2-4-16(5-3-15)13-24-19-9-6-17(7-10-19)14-25-20-11-8-18(12-20)21(22)23/h2-7,9-10,18,20H,8,11-14H2,1H3,(H,22,23)/t18-,20-/m0/s1. The van der Waals surface area contributed by atoms with Gasteiger partial charge >= 0.3 is 5.97 Å². The highest BCUT2D eigenvalue weighted by Crippen LogP contribution is 2.28. The Morgan fingerprint density at radius 3 is 2.28 bits per heavy atom. The number of ether oxygens (including phenoxy) is 2. The fraction of sp³-hybridized carbons (Fsp3) is 0.381. The molecule has 0 radical (unpaired) electrons. The summed E-state index contributed by atoms with van der Waals surface area (Å²) in [6, 6.07) is 16.2. The molecule has 0 saturated heterocycles. The molecule has 132 valence electrons. The summed E-state index contributed by atoms with van der Waals surface area (Å²) in [4.78, 5) is 11.0. The average molecular weight is 340 g/mol. The molecule has 0 unspecified atom stereocenters. The lowest BCUT2D eigenvalue weighted by Gasteiger charge is -2.12. The van der Waals surface area contributed by atoms with Gasteiger partial charge in [0.25, 0.3) is 0 Å². The Kier molecular flexibility index (Phi) is 5.71. The zero-order valence-corrected chi connectivity index (χ0v) is 14.5. The highest BCUT2D eigenvalue weighted by Gasteiger charge is 2.30. The Morgan fingerprint density at radius 1 is 1.00 bits per heavy atom. The van der Waals surface area contributed by atoms with Crippen molar-refractivity contribution in [3.63, 3.8) is 0 Å². The number of carboxylic acid groups (broad SMARTS) is 1. The predicted molar refractivity (Wildman–Crippen MR) is 95.5 cm³/mol. The third-order valence-corrected chi connectivity index (χ3v) is 4.67. The third kappa shape index (κ3) is 5.07. The summed E-state index contributed by atoms with van der Waals surface area (Å²) in [5.41, 5.74) is 3.46. The Bertz CT molecular complexity index is 691. The van der Waals surface area contributed by atoms with Gasteiger partial charge in [-0.3, -0.25) is 4.79 Å². The fourth-order valence-electron chi connectivity index (χ4n) is 3.06. The highest BCUT2D eigenvalue weighted by molar-refractivity contribution is 5.70. The van der Waals surface area contributed by atoms with Gasteiger partial charge in [-0.25, -0.2) is 0 Å². The van der Waals surface area contributed by atoms with E-state index in [2.05, 4.69) is 31.2 Å². The first-order chi connectivity index (χ1) is 12.1. The maximum atomic E-state index is 11.0. The normalized spacial score (nSPS) is 19.7. The number of carbonyl (C=O) groups is 1. The van der Waals surface area contributed by atoms with Crippen LogP contribution < -0.4 is 4.74 Å². The lowest BCUT2D eigenvalue weighted by atomic mass is 10.1. The number of rotatable bonds is 7. The van der Waals surface area contributed by atoms with E-state index in [4.69, 9.17) is 14.6 Å². The number of benzene rings is 2. The molecule has 0 heterocycles. The minimum Gasteiger partial charge on any atom is -0.489 e. The van der Waals surface area contributed by atoms with Crippen molar-refractivity contribution in [2.45, 2.75) is 45.5 Å². The Morgan fingerprint density at radius 2 is 1.64 bits per heavy atom. The van der Waals surface area contributed by atoms with E-state index in [0.29, 0.717) is 26.1 Å². The second-order valence-corrected chi connectivity index (χ2v) is 6.70. The molecule has 0 spiro atoms. The van der Waals surface area contributed by atoms with Crippen LogP contribution in [0.5, 0.6) is 5.75 Å². The molecule has 4 nitrogen and oxygen atoms in total. The number of aryl methyl sites for hydroxylation is 1. The van der Waals surface area contributed by atoms with Gasteiger partial charge in [0.05, 0.1) is 18.6 Å². The van der Waals surface area contributed by atoms with Gasteiger partial charge in [-0.05, 0) is 49.4 Å². The Hall–Kier alpha value is -2.33. The summed E-state index contributed by atoms with van der Waals surface area (Å²) in [6.45, 7) is 3.13. The number of aliphatic carboxylic acids is 1. The molecular weight excluding hydrogens is 316 g/mol. The maximum absolute atomic E-state index is 11.0. The zero-order chi connectivity index (χ0) is 17.6. The molecular formula is C21H24O4. The van der Waals surface area contributed by atoms with Gasteiger partial charge in [-0.1, -0.05) is 42.0 Å². The van der Waals surface area contributed by atoms with Crippen LogP contribution in [0.4, 0.5) is 0 Å². The van der Waals surface area contributed by atoms with E-state index in [1.165, 1.54) is 5.56 Å². The number of hydrogen-bond donors (Lipinski definition) is 1. The molecule has 1 fully saturated rings. The molecule has 2 aromatic rings. The monoisotopic (exact) mass is 340 g/mol. The molecule has 2 atom stereocenters. The van der Waals surface area contributed by atoms with E-state index in [-0.39, 0.29) is 12.0 Å². The van der Waals surface area contributed by atoms with E-state index in [0.717, 1.165) is 23.3 Å². The molecule has 1 N–H and O–H groups in total. The van der Waals surface area contributed by atoms with Crippen LogP contribution in [-0.2, 0) is 22.7 Å². The van der Waals surface area contributed by atoms with E-state index >= 15 is 0 Å². The average Bonchev–Trinajstić information content (AvgIpc) is 3.10. The van der Waals surface area contributed by atoms with Gasteiger partial charge < -0.3 is 14.6 Å². The molecule has 25 heavy (non-hydrogen) atoms. The van der Waals surface area contributed by atoms with Gasteiger partial charge in [0.15, 0.2) is 0 Å².